The highest BCUT2D eigenvalue weighted by Crippen LogP contribution is 2.68. The van der Waals surface area contributed by atoms with E-state index in [0.29, 0.717) is 30.2 Å². The summed E-state index contributed by atoms with van der Waals surface area (Å²) in [6.45, 7) is 3.85. The summed E-state index contributed by atoms with van der Waals surface area (Å²) in [6.07, 6.45) is 5.80. The minimum Gasteiger partial charge on any atom is -0.497 e. The van der Waals surface area contributed by atoms with Crippen LogP contribution < -0.4 is 10.0 Å². The molecule has 2 saturated carbocycles. The van der Waals surface area contributed by atoms with Crippen LogP contribution >= 0.6 is 19.1 Å². The van der Waals surface area contributed by atoms with Gasteiger partial charge in [0.2, 0.25) is 0 Å². The zero-order valence-electron chi connectivity index (χ0n) is 22.8. The maximum atomic E-state index is 15.0. The number of halogens is 1. The van der Waals surface area contributed by atoms with Crippen molar-refractivity contribution in [3.05, 3.63) is 94.5 Å². The van der Waals surface area contributed by atoms with E-state index in [4.69, 9.17) is 20.9 Å². The van der Waals surface area contributed by atoms with Crippen molar-refractivity contribution in [3.63, 3.8) is 0 Å². The van der Waals surface area contributed by atoms with Gasteiger partial charge in [-0.25, -0.2) is 4.67 Å². The van der Waals surface area contributed by atoms with Gasteiger partial charge in [0.05, 0.1) is 18.5 Å². The van der Waals surface area contributed by atoms with Gasteiger partial charge in [-0.1, -0.05) is 54.9 Å². The molecule has 3 aromatic rings. The number of ether oxygens (including phenoxy) is 1. The van der Waals surface area contributed by atoms with Crippen LogP contribution in [0, 0.1) is 23.2 Å². The van der Waals surface area contributed by atoms with Gasteiger partial charge in [-0.05, 0) is 114 Å². The highest BCUT2D eigenvalue weighted by molar-refractivity contribution is 7.64. The Morgan fingerprint density at radius 3 is 2.64 bits per heavy atom. The molecule has 0 aromatic heterocycles. The van der Waals surface area contributed by atoms with Gasteiger partial charge in [0.15, 0.2) is 0 Å². The topological polar surface area (TPSA) is 38.8 Å². The van der Waals surface area contributed by atoms with Crippen molar-refractivity contribution in [2.75, 3.05) is 13.7 Å². The summed E-state index contributed by atoms with van der Waals surface area (Å²) < 4.78 is 29.6. The average Bonchev–Trinajstić information content (AvgIpc) is 3.25. The third-order valence-electron chi connectivity index (χ3n) is 10.4. The van der Waals surface area contributed by atoms with Crippen molar-refractivity contribution in [2.24, 2.45) is 23.2 Å². The lowest BCUT2D eigenvalue weighted by Crippen LogP contribution is -2.49. The van der Waals surface area contributed by atoms with Crippen LogP contribution in [-0.2, 0) is 22.1 Å². The van der Waals surface area contributed by atoms with E-state index in [2.05, 4.69) is 29.8 Å². The van der Waals surface area contributed by atoms with Crippen molar-refractivity contribution in [1.29, 1.82) is 0 Å². The van der Waals surface area contributed by atoms with E-state index < -0.39 is 7.52 Å². The Labute approximate surface area is 237 Å². The van der Waals surface area contributed by atoms with E-state index in [1.54, 1.807) is 7.11 Å². The van der Waals surface area contributed by atoms with Gasteiger partial charge in [0, 0.05) is 18.1 Å². The van der Waals surface area contributed by atoms with Crippen molar-refractivity contribution in [2.45, 2.75) is 57.6 Å². The van der Waals surface area contributed by atoms with Gasteiger partial charge < -0.3 is 9.26 Å². The normalized spacial score (nSPS) is 35.4. The summed E-state index contributed by atoms with van der Waals surface area (Å²) in [5.74, 6) is 3.18. The highest BCUT2D eigenvalue weighted by atomic mass is 35.5. The second-order valence-electron chi connectivity index (χ2n) is 12.4. The van der Waals surface area contributed by atoms with E-state index >= 15 is 0 Å². The standard InChI is InChI=1S/C33H37ClNO3P/c1-33-17-16-29-28-15-13-26(37-2)18-23(28)10-14-30(29)31(33)19-24-21-35(20-22-8-11-25(34)12-9-22)39(36,38-32(24)33)27-6-4-3-5-7-27/h3-9,11-13,15,18,24,29-32H,10,14,16-17,19-21H2,1-2H3/t24-,29-,30-,31+,32+,33+,39?/m1/s1. The highest BCUT2D eigenvalue weighted by Gasteiger charge is 2.62. The number of fused-ring (bicyclic) bond motifs is 7. The van der Waals surface area contributed by atoms with Gasteiger partial charge in [0.1, 0.15) is 5.75 Å². The molecule has 204 valence electrons. The van der Waals surface area contributed by atoms with Crippen LogP contribution in [0.15, 0.2) is 72.8 Å². The molecule has 1 heterocycles. The van der Waals surface area contributed by atoms with Crippen LogP contribution in [-0.4, -0.2) is 24.4 Å². The maximum absolute atomic E-state index is 15.0. The number of hydrogen-bond donors (Lipinski definition) is 0. The van der Waals surface area contributed by atoms with E-state index in [9.17, 15) is 4.57 Å². The molecular weight excluding hydrogens is 525 g/mol. The second kappa shape index (κ2) is 9.77. The molecule has 4 aliphatic rings. The van der Waals surface area contributed by atoms with Crippen LogP contribution in [0.4, 0.5) is 0 Å². The molecule has 0 amide bonds. The monoisotopic (exact) mass is 561 g/mol. The van der Waals surface area contributed by atoms with Gasteiger partial charge in [-0.2, -0.15) is 0 Å². The molecule has 1 aliphatic heterocycles. The Kier molecular flexibility index (Phi) is 6.47. The fourth-order valence-electron chi connectivity index (χ4n) is 8.59. The van der Waals surface area contributed by atoms with Gasteiger partial charge in [-0.15, -0.1) is 0 Å². The zero-order valence-corrected chi connectivity index (χ0v) is 24.4. The summed E-state index contributed by atoms with van der Waals surface area (Å²) in [6, 6.07) is 24.5. The summed E-state index contributed by atoms with van der Waals surface area (Å²) in [4.78, 5) is 0. The van der Waals surface area contributed by atoms with Gasteiger partial charge in [0.25, 0.3) is 0 Å². The van der Waals surface area contributed by atoms with Crippen LogP contribution in [0.3, 0.4) is 0 Å². The van der Waals surface area contributed by atoms with Crippen LogP contribution in [0.5, 0.6) is 5.75 Å². The predicted octanol–water partition coefficient (Wildman–Crippen LogP) is 7.85. The molecule has 0 spiro atoms. The molecule has 1 saturated heterocycles. The largest absolute Gasteiger partial charge is 0.497 e. The SMILES string of the molecule is COc1ccc2c(c1)CC[C@@H]1[C@@H]2CC[C@@]2(C)[C@H]1C[C@@H]1CN(Cc3ccc(Cl)cc3)P(=O)(c3ccccc3)O[C@@H]12. The Bertz CT molecular complexity index is 1410. The van der Waals surface area contributed by atoms with E-state index in [-0.39, 0.29) is 11.5 Å². The number of aryl methyl sites for hydroxylation is 1. The average molecular weight is 562 g/mol. The molecule has 7 atom stereocenters. The molecular formula is C33H37ClNO3P. The molecule has 6 heteroatoms. The maximum Gasteiger partial charge on any atom is 0.302 e. The lowest BCUT2D eigenvalue weighted by atomic mass is 9.55. The van der Waals surface area contributed by atoms with Gasteiger partial charge >= 0.3 is 7.52 Å². The molecule has 1 unspecified atom stereocenters. The van der Waals surface area contributed by atoms with Crippen LogP contribution in [0.2, 0.25) is 5.02 Å². The quantitative estimate of drug-likeness (QED) is 0.304. The molecule has 3 aromatic carbocycles. The first kappa shape index (κ1) is 25.8. The number of benzene rings is 3. The molecule has 0 bridgehead atoms. The minimum absolute atomic E-state index is 0.0215. The first-order chi connectivity index (χ1) is 18.9. The first-order valence-electron chi connectivity index (χ1n) is 14.4. The minimum atomic E-state index is -3.24. The number of rotatable bonds is 4. The summed E-state index contributed by atoms with van der Waals surface area (Å²) in [5, 5.41) is 1.52. The molecule has 7 rings (SSSR count). The Balaban J connectivity index is 1.22. The van der Waals surface area contributed by atoms with Crippen molar-refractivity contribution in [3.8, 4) is 5.75 Å². The molecule has 39 heavy (non-hydrogen) atoms. The Morgan fingerprint density at radius 2 is 1.87 bits per heavy atom. The molecule has 3 fully saturated rings. The zero-order chi connectivity index (χ0) is 26.8. The molecule has 0 N–H and O–H groups in total. The van der Waals surface area contributed by atoms with Crippen molar-refractivity contribution in [1.82, 2.24) is 4.67 Å². The third-order valence-corrected chi connectivity index (χ3v) is 13.2. The van der Waals surface area contributed by atoms with Crippen LogP contribution in [0.25, 0.3) is 0 Å². The Hall–Kier alpha value is -2.10. The number of hydrogen-bond acceptors (Lipinski definition) is 3. The third kappa shape index (κ3) is 4.22. The Morgan fingerprint density at radius 1 is 1.08 bits per heavy atom. The van der Waals surface area contributed by atoms with Crippen molar-refractivity contribution < 1.29 is 13.8 Å². The smallest absolute Gasteiger partial charge is 0.302 e. The van der Waals surface area contributed by atoms with E-state index in [1.165, 1.54) is 24.0 Å². The lowest BCUT2D eigenvalue weighted by molar-refractivity contribution is -0.0322. The lowest BCUT2D eigenvalue weighted by Gasteiger charge is -2.52. The van der Waals surface area contributed by atoms with E-state index in [1.807, 2.05) is 54.6 Å². The number of methoxy groups -OCH3 is 1. The molecule has 3 aliphatic carbocycles. The summed E-state index contributed by atoms with van der Waals surface area (Å²) in [5.41, 5.74) is 4.16. The van der Waals surface area contributed by atoms with Crippen molar-refractivity contribution >= 4 is 24.4 Å². The first-order valence-corrected chi connectivity index (χ1v) is 16.4. The second-order valence-corrected chi connectivity index (χ2v) is 15.1. The predicted molar refractivity (Wildman–Crippen MR) is 157 cm³/mol. The summed E-state index contributed by atoms with van der Waals surface area (Å²) >= 11 is 6.17. The van der Waals surface area contributed by atoms with E-state index in [0.717, 1.165) is 47.4 Å². The summed E-state index contributed by atoms with van der Waals surface area (Å²) in [7, 11) is -1.49. The van der Waals surface area contributed by atoms with Gasteiger partial charge in [-0.3, -0.25) is 4.57 Å². The molecule has 0 radical (unpaired) electrons. The fraction of sp³-hybridized carbons (Fsp3) is 0.455. The van der Waals surface area contributed by atoms with Crippen LogP contribution in [0.1, 0.15) is 55.2 Å². The fourth-order valence-corrected chi connectivity index (χ4v) is 11.3. The molecule has 4 nitrogen and oxygen atoms in total. The number of nitrogens with zero attached hydrogens (tertiary/aromatic N) is 1.